The van der Waals surface area contributed by atoms with Gasteiger partial charge in [-0.1, -0.05) is 0 Å². The predicted molar refractivity (Wildman–Crippen MR) is 112 cm³/mol. The first-order valence-corrected chi connectivity index (χ1v) is 10.5. The molecule has 2 aliphatic heterocycles. The maximum Gasteiger partial charge on any atom is 0.167 e. The molecule has 0 amide bonds. The van der Waals surface area contributed by atoms with E-state index in [0.717, 1.165) is 60.4 Å². The Labute approximate surface area is 167 Å². The van der Waals surface area contributed by atoms with Crippen molar-refractivity contribution in [2.75, 3.05) is 42.7 Å². The zero-order valence-corrected chi connectivity index (χ0v) is 16.4. The Morgan fingerprint density at radius 3 is 2.79 bits per heavy atom. The SMILES string of the molecule is N#CC1(c2cc(N3CCOCC3)nc3c2cnn3/C(N)=C/C=N)CCSCC1. The number of allylic oxidation sites excluding steroid dienone is 1. The van der Waals surface area contributed by atoms with Gasteiger partial charge in [-0.2, -0.15) is 26.8 Å². The average Bonchev–Trinajstić information content (AvgIpc) is 3.18. The fourth-order valence-corrected chi connectivity index (χ4v) is 5.03. The molecule has 8 nitrogen and oxygen atoms in total. The number of fused-ring (bicyclic) bond motifs is 1. The highest BCUT2D eigenvalue weighted by molar-refractivity contribution is 7.99. The molecule has 0 aliphatic carbocycles. The van der Waals surface area contributed by atoms with E-state index in [2.05, 4.69) is 22.1 Å². The van der Waals surface area contributed by atoms with Crippen molar-refractivity contribution >= 4 is 40.6 Å². The molecule has 2 fully saturated rings. The van der Waals surface area contributed by atoms with Crippen LogP contribution in [0.3, 0.4) is 0 Å². The molecule has 2 aromatic rings. The molecule has 146 valence electrons. The van der Waals surface area contributed by atoms with Gasteiger partial charge < -0.3 is 20.8 Å². The van der Waals surface area contributed by atoms with Gasteiger partial charge in [0.25, 0.3) is 0 Å². The summed E-state index contributed by atoms with van der Waals surface area (Å²) in [5, 5.41) is 22.7. The number of anilines is 1. The number of nitrogens with one attached hydrogen (secondary N) is 1. The first-order chi connectivity index (χ1) is 13.7. The number of nitrogens with two attached hydrogens (primary N) is 1. The van der Waals surface area contributed by atoms with Crippen LogP contribution in [0.15, 0.2) is 18.3 Å². The number of nitrogens with zero attached hydrogens (tertiary/aromatic N) is 5. The molecule has 28 heavy (non-hydrogen) atoms. The van der Waals surface area contributed by atoms with Crippen molar-refractivity contribution < 1.29 is 4.74 Å². The standard InChI is InChI=1S/C19H23N7OS/c20-4-1-16(22)26-18-14(12-23-26)15(19(13-21)2-9-28-10-3-19)11-17(24-18)25-5-7-27-8-6-25/h1,4,11-12,20H,2-3,5-10,22H2/b16-1+,20-4?. The lowest BCUT2D eigenvalue weighted by Crippen LogP contribution is -2.37. The number of hydrogen-bond acceptors (Lipinski definition) is 8. The normalized spacial score (nSPS) is 20.1. The first kappa shape index (κ1) is 18.8. The molecule has 2 aromatic heterocycles. The topological polar surface area (TPSA) is 117 Å². The zero-order valence-electron chi connectivity index (χ0n) is 15.6. The third-order valence-corrected chi connectivity index (χ3v) is 6.42. The van der Waals surface area contributed by atoms with Gasteiger partial charge in [0.05, 0.1) is 30.9 Å². The Hall–Kier alpha value is -2.57. The van der Waals surface area contributed by atoms with Crippen molar-refractivity contribution in [3.63, 3.8) is 0 Å². The van der Waals surface area contributed by atoms with Crippen LogP contribution in [0.4, 0.5) is 5.82 Å². The smallest absolute Gasteiger partial charge is 0.167 e. The Morgan fingerprint density at radius 2 is 2.11 bits per heavy atom. The molecule has 0 spiro atoms. The van der Waals surface area contributed by atoms with Gasteiger partial charge in [0.2, 0.25) is 0 Å². The second kappa shape index (κ2) is 7.81. The van der Waals surface area contributed by atoms with Crippen LogP contribution in [0, 0.1) is 16.7 Å². The summed E-state index contributed by atoms with van der Waals surface area (Å²) in [6, 6.07) is 4.68. The van der Waals surface area contributed by atoms with Crippen LogP contribution in [0.25, 0.3) is 16.9 Å². The molecule has 4 rings (SSSR count). The van der Waals surface area contributed by atoms with Crippen molar-refractivity contribution in [1.82, 2.24) is 14.8 Å². The van der Waals surface area contributed by atoms with Gasteiger partial charge in [-0.3, -0.25) is 0 Å². The molecule has 0 unspecified atom stereocenters. The predicted octanol–water partition coefficient (Wildman–Crippen LogP) is 1.96. The van der Waals surface area contributed by atoms with Gasteiger partial charge in [0.15, 0.2) is 5.65 Å². The van der Waals surface area contributed by atoms with Gasteiger partial charge in [-0.25, -0.2) is 4.98 Å². The fraction of sp³-hybridized carbons (Fsp3) is 0.474. The van der Waals surface area contributed by atoms with Gasteiger partial charge in [0.1, 0.15) is 11.6 Å². The Kier molecular flexibility index (Phi) is 5.24. The molecule has 0 saturated carbocycles. The van der Waals surface area contributed by atoms with Crippen LogP contribution in [0.5, 0.6) is 0 Å². The molecular formula is C19H23N7OS. The Balaban J connectivity index is 1.93. The second-order valence-corrected chi connectivity index (χ2v) is 8.21. The summed E-state index contributed by atoms with van der Waals surface area (Å²) in [6.45, 7) is 2.83. The highest BCUT2D eigenvalue weighted by Crippen LogP contribution is 2.42. The first-order valence-electron chi connectivity index (χ1n) is 9.36. The lowest BCUT2D eigenvalue weighted by atomic mass is 9.76. The van der Waals surface area contributed by atoms with E-state index in [0.29, 0.717) is 24.7 Å². The largest absolute Gasteiger partial charge is 0.384 e. The van der Waals surface area contributed by atoms with E-state index in [1.165, 1.54) is 6.08 Å². The van der Waals surface area contributed by atoms with Crippen LogP contribution in [0.2, 0.25) is 0 Å². The molecule has 0 bridgehead atoms. The van der Waals surface area contributed by atoms with Crippen molar-refractivity contribution in [2.45, 2.75) is 18.3 Å². The maximum absolute atomic E-state index is 10.1. The second-order valence-electron chi connectivity index (χ2n) is 6.99. The van der Waals surface area contributed by atoms with Crippen molar-refractivity contribution in [3.8, 4) is 6.07 Å². The van der Waals surface area contributed by atoms with E-state index < -0.39 is 5.41 Å². The van der Waals surface area contributed by atoms with Crippen LogP contribution in [-0.2, 0) is 10.2 Å². The monoisotopic (exact) mass is 397 g/mol. The Morgan fingerprint density at radius 1 is 1.36 bits per heavy atom. The highest BCUT2D eigenvalue weighted by Gasteiger charge is 2.37. The van der Waals surface area contributed by atoms with Crippen LogP contribution < -0.4 is 10.6 Å². The fourth-order valence-electron chi connectivity index (χ4n) is 3.84. The molecule has 4 heterocycles. The number of morpholine rings is 1. The van der Waals surface area contributed by atoms with Gasteiger partial charge >= 0.3 is 0 Å². The minimum atomic E-state index is -0.540. The quantitative estimate of drug-likeness (QED) is 0.757. The number of rotatable bonds is 4. The average molecular weight is 398 g/mol. The summed E-state index contributed by atoms with van der Waals surface area (Å²) in [6.07, 6.45) is 5.98. The van der Waals surface area contributed by atoms with Crippen LogP contribution in [0.1, 0.15) is 18.4 Å². The number of aromatic nitrogens is 3. The summed E-state index contributed by atoms with van der Waals surface area (Å²) in [5.74, 6) is 3.08. The van der Waals surface area contributed by atoms with E-state index in [1.807, 2.05) is 11.8 Å². The lowest BCUT2D eigenvalue weighted by molar-refractivity contribution is 0.122. The third kappa shape index (κ3) is 3.23. The van der Waals surface area contributed by atoms with Gasteiger partial charge in [0, 0.05) is 24.7 Å². The number of hydrogen-bond donors (Lipinski definition) is 2. The molecular weight excluding hydrogens is 374 g/mol. The van der Waals surface area contributed by atoms with Crippen molar-refractivity contribution in [2.24, 2.45) is 5.73 Å². The summed E-state index contributed by atoms with van der Waals surface area (Å²) in [7, 11) is 0. The maximum atomic E-state index is 10.1. The molecule has 0 radical (unpaired) electrons. The number of thioether (sulfide) groups is 1. The molecule has 9 heteroatoms. The zero-order chi connectivity index (χ0) is 19.6. The molecule has 0 aromatic carbocycles. The summed E-state index contributed by atoms with van der Waals surface area (Å²) in [5.41, 5.74) is 7.18. The summed E-state index contributed by atoms with van der Waals surface area (Å²) < 4.78 is 7.03. The molecule has 2 aliphatic rings. The van der Waals surface area contributed by atoms with E-state index in [-0.39, 0.29) is 0 Å². The minimum absolute atomic E-state index is 0.327. The highest BCUT2D eigenvalue weighted by atomic mass is 32.2. The minimum Gasteiger partial charge on any atom is -0.384 e. The number of pyridine rings is 1. The molecule has 0 atom stereocenters. The Bertz CT molecular complexity index is 949. The molecule has 3 N–H and O–H groups in total. The third-order valence-electron chi connectivity index (χ3n) is 5.44. The van der Waals surface area contributed by atoms with Gasteiger partial charge in [-0.15, -0.1) is 0 Å². The molecule has 2 saturated heterocycles. The number of nitriles is 1. The lowest BCUT2D eigenvalue weighted by Gasteiger charge is -2.33. The summed E-state index contributed by atoms with van der Waals surface area (Å²) >= 11 is 1.89. The van der Waals surface area contributed by atoms with Gasteiger partial charge in [-0.05, 0) is 42.1 Å². The van der Waals surface area contributed by atoms with Crippen LogP contribution >= 0.6 is 11.8 Å². The van der Waals surface area contributed by atoms with Crippen molar-refractivity contribution in [3.05, 3.63) is 23.9 Å². The van der Waals surface area contributed by atoms with E-state index >= 15 is 0 Å². The van der Waals surface area contributed by atoms with E-state index in [1.54, 1.807) is 10.9 Å². The summed E-state index contributed by atoms with van der Waals surface area (Å²) in [4.78, 5) is 7.03. The van der Waals surface area contributed by atoms with E-state index in [9.17, 15) is 5.26 Å². The van der Waals surface area contributed by atoms with Crippen LogP contribution in [-0.4, -0.2) is 58.8 Å². The van der Waals surface area contributed by atoms with E-state index in [4.69, 9.17) is 20.9 Å². The van der Waals surface area contributed by atoms with Crippen molar-refractivity contribution in [1.29, 1.82) is 10.7 Å². The number of ether oxygens (including phenoxy) is 1.